The second-order valence-corrected chi connectivity index (χ2v) is 5.62. The minimum Gasteiger partial charge on any atom is -0.481 e. The quantitative estimate of drug-likeness (QED) is 0.659. The summed E-state index contributed by atoms with van der Waals surface area (Å²) in [5.74, 6) is 0.513. The first kappa shape index (κ1) is 12.8. The number of carbonyl (C=O) groups is 1. The number of carboxylic acid groups (broad SMARTS) is 1. The van der Waals surface area contributed by atoms with Gasteiger partial charge in [0.2, 0.25) is 0 Å². The molecule has 15 heavy (non-hydrogen) atoms. The number of hydrogen-bond donors (Lipinski definition) is 2. The number of thioether (sulfide) groups is 1. The first-order valence-electron chi connectivity index (χ1n) is 5.79. The van der Waals surface area contributed by atoms with Crippen molar-refractivity contribution in [1.82, 2.24) is 5.32 Å². The normalized spacial score (nSPS) is 25.7. The van der Waals surface area contributed by atoms with Gasteiger partial charge in [0, 0.05) is 17.7 Å². The summed E-state index contributed by atoms with van der Waals surface area (Å²) in [4.78, 5) is 10.3. The van der Waals surface area contributed by atoms with Gasteiger partial charge in [0.05, 0.1) is 0 Å². The average molecular weight is 231 g/mol. The van der Waals surface area contributed by atoms with Crippen LogP contribution in [-0.2, 0) is 4.79 Å². The summed E-state index contributed by atoms with van der Waals surface area (Å²) in [6, 6.07) is 0.628. The highest BCUT2D eigenvalue weighted by atomic mass is 32.2. The van der Waals surface area contributed by atoms with Crippen LogP contribution in [0.1, 0.15) is 39.0 Å². The van der Waals surface area contributed by atoms with Crippen molar-refractivity contribution in [3.8, 4) is 0 Å². The van der Waals surface area contributed by atoms with Crippen LogP contribution in [0.25, 0.3) is 0 Å². The molecule has 0 spiro atoms. The largest absolute Gasteiger partial charge is 0.481 e. The molecule has 1 fully saturated rings. The fraction of sp³-hybridized carbons (Fsp3) is 0.909. The number of aliphatic carboxylic acids is 1. The van der Waals surface area contributed by atoms with E-state index < -0.39 is 5.97 Å². The van der Waals surface area contributed by atoms with Crippen LogP contribution in [0.2, 0.25) is 0 Å². The van der Waals surface area contributed by atoms with Crippen molar-refractivity contribution in [2.24, 2.45) is 0 Å². The highest BCUT2D eigenvalue weighted by Gasteiger charge is 2.23. The molecule has 3 nitrogen and oxygen atoms in total. The first-order chi connectivity index (χ1) is 7.22. The van der Waals surface area contributed by atoms with E-state index in [1.54, 1.807) is 0 Å². The SMILES string of the molecule is CCSC1CCC(NCCCC(=O)O)C1. The predicted molar refractivity (Wildman–Crippen MR) is 64.4 cm³/mol. The number of carboxylic acids is 1. The molecule has 0 aromatic heterocycles. The fourth-order valence-corrected chi connectivity index (χ4v) is 3.20. The van der Waals surface area contributed by atoms with Crippen LogP contribution in [-0.4, -0.2) is 34.7 Å². The van der Waals surface area contributed by atoms with Crippen LogP contribution < -0.4 is 5.32 Å². The van der Waals surface area contributed by atoms with Crippen molar-refractivity contribution in [1.29, 1.82) is 0 Å². The van der Waals surface area contributed by atoms with E-state index in [0.29, 0.717) is 6.04 Å². The molecular weight excluding hydrogens is 210 g/mol. The molecule has 0 aromatic carbocycles. The zero-order chi connectivity index (χ0) is 11.1. The monoisotopic (exact) mass is 231 g/mol. The van der Waals surface area contributed by atoms with Crippen molar-refractivity contribution < 1.29 is 9.90 Å². The third kappa shape index (κ3) is 5.42. The molecule has 2 unspecified atom stereocenters. The van der Waals surface area contributed by atoms with Gasteiger partial charge in [0.15, 0.2) is 0 Å². The Bertz CT molecular complexity index is 199. The molecule has 4 heteroatoms. The molecule has 0 aromatic rings. The Labute approximate surface area is 96.0 Å². The fourth-order valence-electron chi connectivity index (χ4n) is 2.06. The molecule has 1 aliphatic carbocycles. The van der Waals surface area contributed by atoms with Crippen LogP contribution >= 0.6 is 11.8 Å². The Morgan fingerprint density at radius 2 is 2.33 bits per heavy atom. The van der Waals surface area contributed by atoms with Crippen LogP contribution in [0.15, 0.2) is 0 Å². The van der Waals surface area contributed by atoms with Gasteiger partial charge in [-0.05, 0) is 38.0 Å². The molecule has 2 atom stereocenters. The van der Waals surface area contributed by atoms with E-state index in [1.165, 1.54) is 25.0 Å². The first-order valence-corrected chi connectivity index (χ1v) is 6.84. The van der Waals surface area contributed by atoms with Crippen LogP contribution in [0.5, 0.6) is 0 Å². The molecule has 88 valence electrons. The summed E-state index contributed by atoms with van der Waals surface area (Å²) in [5, 5.41) is 12.8. The molecule has 1 rings (SSSR count). The van der Waals surface area contributed by atoms with Crippen molar-refractivity contribution in [2.75, 3.05) is 12.3 Å². The molecule has 0 bridgehead atoms. The predicted octanol–water partition coefficient (Wildman–Crippen LogP) is 2.12. The van der Waals surface area contributed by atoms with Crippen LogP contribution in [0.4, 0.5) is 0 Å². The third-order valence-corrected chi connectivity index (χ3v) is 4.02. The molecule has 0 radical (unpaired) electrons. The number of rotatable bonds is 7. The highest BCUT2D eigenvalue weighted by molar-refractivity contribution is 7.99. The maximum atomic E-state index is 10.3. The van der Waals surface area contributed by atoms with Gasteiger partial charge in [-0.25, -0.2) is 0 Å². The standard InChI is InChI=1S/C11H21NO2S/c1-2-15-10-6-5-9(8-10)12-7-3-4-11(13)14/h9-10,12H,2-8H2,1H3,(H,13,14). The summed E-state index contributed by atoms with van der Waals surface area (Å²) in [6.45, 7) is 3.05. The van der Waals surface area contributed by atoms with E-state index in [0.717, 1.165) is 18.2 Å². The lowest BCUT2D eigenvalue weighted by atomic mass is 10.2. The maximum absolute atomic E-state index is 10.3. The molecule has 0 amide bonds. The minimum atomic E-state index is -0.692. The zero-order valence-electron chi connectivity index (χ0n) is 9.37. The Hall–Kier alpha value is -0.220. The summed E-state index contributed by atoms with van der Waals surface area (Å²) in [6.07, 6.45) is 4.86. The van der Waals surface area contributed by atoms with E-state index in [-0.39, 0.29) is 6.42 Å². The summed E-state index contributed by atoms with van der Waals surface area (Å²) in [7, 11) is 0. The van der Waals surface area contributed by atoms with Gasteiger partial charge in [0.1, 0.15) is 0 Å². The van der Waals surface area contributed by atoms with Gasteiger partial charge in [-0.3, -0.25) is 4.79 Å². The molecule has 2 N–H and O–H groups in total. The molecule has 0 heterocycles. The van der Waals surface area contributed by atoms with Gasteiger partial charge >= 0.3 is 5.97 Å². The summed E-state index contributed by atoms with van der Waals surface area (Å²) in [5.41, 5.74) is 0. The van der Waals surface area contributed by atoms with Crippen molar-refractivity contribution in [3.63, 3.8) is 0 Å². The Morgan fingerprint density at radius 3 is 3.00 bits per heavy atom. The lowest BCUT2D eigenvalue weighted by molar-refractivity contribution is -0.137. The maximum Gasteiger partial charge on any atom is 0.303 e. The topological polar surface area (TPSA) is 49.3 Å². The van der Waals surface area contributed by atoms with E-state index in [4.69, 9.17) is 5.11 Å². The van der Waals surface area contributed by atoms with Gasteiger partial charge in [-0.1, -0.05) is 6.92 Å². The smallest absolute Gasteiger partial charge is 0.303 e. The molecule has 1 aliphatic rings. The molecule has 0 saturated heterocycles. The van der Waals surface area contributed by atoms with Gasteiger partial charge in [0.25, 0.3) is 0 Å². The number of nitrogens with one attached hydrogen (secondary N) is 1. The average Bonchev–Trinajstić information content (AvgIpc) is 2.61. The van der Waals surface area contributed by atoms with Crippen molar-refractivity contribution in [2.45, 2.75) is 50.3 Å². The molecular formula is C11H21NO2S. The molecule has 0 aliphatic heterocycles. The Balaban J connectivity index is 2.01. The van der Waals surface area contributed by atoms with Gasteiger partial charge < -0.3 is 10.4 Å². The second kappa shape index (κ2) is 7.12. The van der Waals surface area contributed by atoms with Crippen LogP contribution in [0.3, 0.4) is 0 Å². The van der Waals surface area contributed by atoms with Crippen LogP contribution in [0, 0.1) is 0 Å². The van der Waals surface area contributed by atoms with Gasteiger partial charge in [-0.15, -0.1) is 0 Å². The Morgan fingerprint density at radius 1 is 1.53 bits per heavy atom. The summed E-state index contributed by atoms with van der Waals surface area (Å²) < 4.78 is 0. The third-order valence-electron chi connectivity index (χ3n) is 2.79. The minimum absolute atomic E-state index is 0.285. The second-order valence-electron chi connectivity index (χ2n) is 4.04. The lowest BCUT2D eigenvalue weighted by Crippen LogP contribution is -2.28. The van der Waals surface area contributed by atoms with E-state index in [2.05, 4.69) is 24.0 Å². The van der Waals surface area contributed by atoms with E-state index in [1.807, 2.05) is 0 Å². The van der Waals surface area contributed by atoms with E-state index >= 15 is 0 Å². The number of hydrogen-bond acceptors (Lipinski definition) is 3. The zero-order valence-corrected chi connectivity index (χ0v) is 10.2. The van der Waals surface area contributed by atoms with E-state index in [9.17, 15) is 4.79 Å². The van der Waals surface area contributed by atoms with Gasteiger partial charge in [-0.2, -0.15) is 11.8 Å². The lowest BCUT2D eigenvalue weighted by Gasteiger charge is -2.12. The highest BCUT2D eigenvalue weighted by Crippen LogP contribution is 2.29. The Kier molecular flexibility index (Phi) is 6.10. The van der Waals surface area contributed by atoms with Crippen molar-refractivity contribution >= 4 is 17.7 Å². The molecule has 1 saturated carbocycles. The summed E-state index contributed by atoms with van der Waals surface area (Å²) >= 11 is 2.05. The van der Waals surface area contributed by atoms with Crippen molar-refractivity contribution in [3.05, 3.63) is 0 Å².